The summed E-state index contributed by atoms with van der Waals surface area (Å²) in [6.07, 6.45) is 4.02. The van der Waals surface area contributed by atoms with E-state index in [2.05, 4.69) is 17.2 Å². The molecule has 130 valence electrons. The Morgan fingerprint density at radius 3 is 1.87 bits per heavy atom. The van der Waals surface area contributed by atoms with Crippen LogP contribution in [-0.2, 0) is 19.1 Å². The average molecular weight is 326 g/mol. The van der Waals surface area contributed by atoms with E-state index in [0.717, 1.165) is 6.20 Å². The van der Waals surface area contributed by atoms with Gasteiger partial charge in [0.25, 0.3) is 0 Å². The van der Waals surface area contributed by atoms with Gasteiger partial charge in [0.05, 0.1) is 13.2 Å². The highest BCUT2D eigenvalue weighted by molar-refractivity contribution is 6.14. The van der Waals surface area contributed by atoms with Gasteiger partial charge >= 0.3 is 18.0 Å². The minimum absolute atomic E-state index is 0.0982. The molecule has 0 aromatic rings. The zero-order valence-corrected chi connectivity index (χ0v) is 14.4. The highest BCUT2D eigenvalue weighted by Crippen LogP contribution is 2.01. The third kappa shape index (κ3) is 9.89. The van der Waals surface area contributed by atoms with Crippen molar-refractivity contribution in [3.8, 4) is 0 Å². The third-order valence-electron chi connectivity index (χ3n) is 2.13. The van der Waals surface area contributed by atoms with Gasteiger partial charge in [0.15, 0.2) is 5.57 Å². The topological polar surface area (TPSA) is 93.7 Å². The molecule has 2 N–H and O–H groups in total. The number of amides is 2. The second-order valence-electron chi connectivity index (χ2n) is 3.55. The Balaban J connectivity index is 0. The fourth-order valence-corrected chi connectivity index (χ4v) is 1.16. The van der Waals surface area contributed by atoms with Gasteiger partial charge in [-0.1, -0.05) is 26.5 Å². The van der Waals surface area contributed by atoms with E-state index in [1.807, 2.05) is 13.8 Å². The lowest BCUT2D eigenvalue weighted by Crippen LogP contribution is -2.32. The normalized spacial score (nSPS) is 9.52. The van der Waals surface area contributed by atoms with Crippen molar-refractivity contribution in [3.63, 3.8) is 0 Å². The molecule has 0 aromatic carbocycles. The molecule has 0 heterocycles. The number of allylic oxidation sites excluding steroid dienone is 2. The van der Waals surface area contributed by atoms with Crippen molar-refractivity contribution in [2.45, 2.75) is 34.6 Å². The summed E-state index contributed by atoms with van der Waals surface area (Å²) in [6, 6.07) is -0.630. The SMILES string of the molecule is C=C/C(=C\C)NC(=O)NC=C(C(=O)OCC)C(=O)OCC.CC. The van der Waals surface area contributed by atoms with Crippen molar-refractivity contribution in [1.82, 2.24) is 10.6 Å². The lowest BCUT2D eigenvalue weighted by Gasteiger charge is -2.08. The highest BCUT2D eigenvalue weighted by Gasteiger charge is 2.21. The molecule has 0 aliphatic carbocycles. The predicted molar refractivity (Wildman–Crippen MR) is 88.3 cm³/mol. The van der Waals surface area contributed by atoms with Gasteiger partial charge in [0, 0.05) is 11.9 Å². The summed E-state index contributed by atoms with van der Waals surface area (Å²) < 4.78 is 9.44. The van der Waals surface area contributed by atoms with Crippen LogP contribution in [0.2, 0.25) is 0 Å². The Bertz CT molecular complexity index is 447. The fraction of sp³-hybridized carbons (Fsp3) is 0.438. The van der Waals surface area contributed by atoms with Crippen LogP contribution in [0, 0.1) is 0 Å². The first kappa shape index (κ1) is 22.7. The maximum absolute atomic E-state index is 11.6. The van der Waals surface area contributed by atoms with Crippen molar-refractivity contribution in [1.29, 1.82) is 0 Å². The first-order valence-electron chi connectivity index (χ1n) is 7.40. The summed E-state index contributed by atoms with van der Waals surface area (Å²) in [5.41, 5.74) is 0.0872. The lowest BCUT2D eigenvalue weighted by atomic mass is 10.3. The molecule has 0 atom stereocenters. The van der Waals surface area contributed by atoms with E-state index < -0.39 is 23.5 Å². The number of urea groups is 1. The summed E-state index contributed by atoms with van der Waals surface area (Å²) in [5, 5.41) is 4.72. The molecule has 0 aliphatic rings. The second-order valence-corrected chi connectivity index (χ2v) is 3.55. The molecule has 7 heteroatoms. The summed E-state index contributed by atoms with van der Waals surface area (Å²) in [4.78, 5) is 34.8. The van der Waals surface area contributed by atoms with Gasteiger partial charge in [-0.05, 0) is 26.8 Å². The fourth-order valence-electron chi connectivity index (χ4n) is 1.16. The molecule has 23 heavy (non-hydrogen) atoms. The van der Waals surface area contributed by atoms with Crippen LogP contribution in [0.5, 0.6) is 0 Å². The number of carbonyl (C=O) groups excluding carboxylic acids is 3. The summed E-state index contributed by atoms with van der Waals surface area (Å²) in [7, 11) is 0. The van der Waals surface area contributed by atoms with Gasteiger partial charge in [-0.2, -0.15) is 0 Å². The molecular weight excluding hydrogens is 300 g/mol. The van der Waals surface area contributed by atoms with Gasteiger partial charge in [-0.15, -0.1) is 0 Å². The van der Waals surface area contributed by atoms with Gasteiger partial charge in [-0.3, -0.25) is 0 Å². The second kappa shape index (κ2) is 14.4. The van der Waals surface area contributed by atoms with Crippen LogP contribution in [0.4, 0.5) is 4.79 Å². The number of esters is 2. The van der Waals surface area contributed by atoms with Gasteiger partial charge in [0.1, 0.15) is 0 Å². The minimum Gasteiger partial charge on any atom is -0.462 e. The summed E-state index contributed by atoms with van der Waals surface area (Å²) >= 11 is 0. The Labute approximate surface area is 137 Å². The van der Waals surface area contributed by atoms with E-state index in [-0.39, 0.29) is 13.2 Å². The third-order valence-corrected chi connectivity index (χ3v) is 2.13. The predicted octanol–water partition coefficient (Wildman–Crippen LogP) is 2.41. The lowest BCUT2D eigenvalue weighted by molar-refractivity contribution is -0.146. The van der Waals surface area contributed by atoms with Crippen molar-refractivity contribution >= 4 is 18.0 Å². The zero-order chi connectivity index (χ0) is 18.3. The van der Waals surface area contributed by atoms with Crippen molar-refractivity contribution < 1.29 is 23.9 Å². The first-order valence-corrected chi connectivity index (χ1v) is 7.40. The minimum atomic E-state index is -0.869. The number of carbonyl (C=O) groups is 3. The van der Waals surface area contributed by atoms with Gasteiger partial charge < -0.3 is 20.1 Å². The van der Waals surface area contributed by atoms with Gasteiger partial charge in [0.2, 0.25) is 0 Å². The van der Waals surface area contributed by atoms with Crippen LogP contribution in [0.15, 0.2) is 36.2 Å². The number of hydrogen-bond acceptors (Lipinski definition) is 5. The van der Waals surface area contributed by atoms with E-state index in [9.17, 15) is 14.4 Å². The molecule has 7 nitrogen and oxygen atoms in total. The van der Waals surface area contributed by atoms with Crippen molar-refractivity contribution in [3.05, 3.63) is 36.2 Å². The largest absolute Gasteiger partial charge is 0.462 e. The quantitative estimate of drug-likeness (QED) is 0.246. The van der Waals surface area contributed by atoms with Crippen molar-refractivity contribution in [2.75, 3.05) is 13.2 Å². The van der Waals surface area contributed by atoms with E-state index in [4.69, 9.17) is 9.47 Å². The summed E-state index contributed by atoms with van der Waals surface area (Å²) in [5.74, 6) is -1.74. The van der Waals surface area contributed by atoms with E-state index >= 15 is 0 Å². The number of ether oxygens (including phenoxy) is 2. The Kier molecular flexibility index (Phi) is 14.2. The van der Waals surface area contributed by atoms with Crippen LogP contribution in [0.25, 0.3) is 0 Å². The molecular formula is C16H26N2O5. The average Bonchev–Trinajstić information content (AvgIpc) is 2.55. The van der Waals surface area contributed by atoms with Crippen LogP contribution >= 0.6 is 0 Å². The Morgan fingerprint density at radius 1 is 1.04 bits per heavy atom. The van der Waals surface area contributed by atoms with E-state index in [0.29, 0.717) is 5.70 Å². The maximum Gasteiger partial charge on any atom is 0.347 e. The smallest absolute Gasteiger partial charge is 0.347 e. The molecule has 0 spiro atoms. The van der Waals surface area contributed by atoms with E-state index in [1.165, 1.54) is 6.08 Å². The molecule has 0 unspecified atom stereocenters. The number of nitrogens with one attached hydrogen (secondary N) is 2. The maximum atomic E-state index is 11.6. The van der Waals surface area contributed by atoms with E-state index in [1.54, 1.807) is 26.8 Å². The molecule has 0 saturated carbocycles. The monoisotopic (exact) mass is 326 g/mol. The Morgan fingerprint density at radius 2 is 1.52 bits per heavy atom. The van der Waals surface area contributed by atoms with Crippen molar-refractivity contribution in [2.24, 2.45) is 0 Å². The Hall–Kier alpha value is -2.57. The molecule has 0 radical (unpaired) electrons. The standard InChI is InChI=1S/C14H20N2O5.C2H6/c1-5-10(6-2)16-14(19)15-9-11(12(17)20-7-3)13(18)21-8-4;1-2/h5-6,9H,1,7-8H2,2-4H3,(H2,15,16,19);1-2H3/b10-6+;. The van der Waals surface area contributed by atoms with Gasteiger partial charge in [-0.25, -0.2) is 14.4 Å². The first-order chi connectivity index (χ1) is 11.0. The van der Waals surface area contributed by atoms with Crippen LogP contribution in [0.1, 0.15) is 34.6 Å². The zero-order valence-electron chi connectivity index (χ0n) is 14.4. The van der Waals surface area contributed by atoms with Crippen LogP contribution in [-0.4, -0.2) is 31.2 Å². The number of hydrogen-bond donors (Lipinski definition) is 2. The molecule has 0 fully saturated rings. The highest BCUT2D eigenvalue weighted by atomic mass is 16.6. The molecule has 0 bridgehead atoms. The summed E-state index contributed by atoms with van der Waals surface area (Å²) in [6.45, 7) is 12.6. The molecule has 0 aliphatic heterocycles. The molecule has 0 aromatic heterocycles. The number of rotatable bonds is 7. The molecule has 0 saturated heterocycles. The van der Waals surface area contributed by atoms with Crippen LogP contribution < -0.4 is 10.6 Å². The molecule has 2 amide bonds. The molecule has 0 rings (SSSR count). The van der Waals surface area contributed by atoms with Crippen LogP contribution in [0.3, 0.4) is 0 Å².